The molecule has 0 saturated heterocycles. The molecule has 0 aliphatic rings. The van der Waals surface area contributed by atoms with E-state index in [4.69, 9.17) is 9.47 Å². The fourth-order valence-corrected chi connectivity index (χ4v) is 2.37. The predicted octanol–water partition coefficient (Wildman–Crippen LogP) is 3.20. The van der Waals surface area contributed by atoms with Gasteiger partial charge in [-0.1, -0.05) is 24.3 Å². The molecule has 0 bridgehead atoms. The summed E-state index contributed by atoms with van der Waals surface area (Å²) in [7, 11) is 3.16. The number of amides is 2. The van der Waals surface area contributed by atoms with E-state index < -0.39 is 0 Å². The van der Waals surface area contributed by atoms with Crippen LogP contribution in [0.4, 0.5) is 5.69 Å². The minimum Gasteiger partial charge on any atom is -0.497 e. The molecule has 0 radical (unpaired) electrons. The van der Waals surface area contributed by atoms with Crippen molar-refractivity contribution in [2.24, 2.45) is 0 Å². The van der Waals surface area contributed by atoms with E-state index >= 15 is 0 Å². The Morgan fingerprint density at radius 1 is 1.15 bits per heavy atom. The smallest absolute Gasteiger partial charge is 0.246 e. The number of carbonyl (C=O) groups excluding carboxylic acids is 2. The lowest BCUT2D eigenvalue weighted by molar-refractivity contribution is -0.129. The Hall–Kier alpha value is -3.28. The van der Waals surface area contributed by atoms with E-state index in [0.29, 0.717) is 23.8 Å². The number of nitrogens with zero attached hydrogens (tertiary/aromatic N) is 1. The topological polar surface area (TPSA) is 67.9 Å². The highest BCUT2D eigenvalue weighted by Crippen LogP contribution is 2.23. The Morgan fingerprint density at radius 2 is 1.93 bits per heavy atom. The maximum absolute atomic E-state index is 12.2. The van der Waals surface area contributed by atoms with Crippen LogP contribution in [-0.2, 0) is 9.59 Å². The molecule has 2 aromatic rings. The summed E-state index contributed by atoms with van der Waals surface area (Å²) in [5, 5.41) is 2.77. The minimum absolute atomic E-state index is 0.0677. The predicted molar refractivity (Wildman–Crippen MR) is 106 cm³/mol. The van der Waals surface area contributed by atoms with Gasteiger partial charge in [-0.05, 0) is 42.8 Å². The lowest BCUT2D eigenvalue weighted by Gasteiger charge is -2.16. The maximum atomic E-state index is 12.2. The second-order valence-electron chi connectivity index (χ2n) is 5.78. The number of ether oxygens (including phenoxy) is 2. The molecule has 0 fully saturated rings. The lowest BCUT2D eigenvalue weighted by Crippen LogP contribution is -2.33. The first-order valence-corrected chi connectivity index (χ1v) is 8.62. The quantitative estimate of drug-likeness (QED) is 0.727. The zero-order valence-corrected chi connectivity index (χ0v) is 15.8. The van der Waals surface area contributed by atoms with E-state index in [2.05, 4.69) is 5.32 Å². The number of hydrogen-bond donors (Lipinski definition) is 1. The van der Waals surface area contributed by atoms with Crippen molar-refractivity contribution in [2.75, 3.05) is 32.6 Å². The number of likely N-dealkylation sites (N-methyl/N-ethyl adjacent to an activating group) is 1. The summed E-state index contributed by atoms with van der Waals surface area (Å²) in [6, 6.07) is 14.5. The summed E-state index contributed by atoms with van der Waals surface area (Å²) in [5.41, 5.74) is 1.42. The highest BCUT2D eigenvalue weighted by atomic mass is 16.5. The van der Waals surface area contributed by atoms with E-state index in [1.54, 1.807) is 32.4 Å². The van der Waals surface area contributed by atoms with Gasteiger partial charge >= 0.3 is 0 Å². The molecule has 0 aromatic heterocycles. The average Bonchev–Trinajstić information content (AvgIpc) is 2.67. The molecule has 0 aliphatic carbocycles. The van der Waals surface area contributed by atoms with Gasteiger partial charge in [0, 0.05) is 13.1 Å². The summed E-state index contributed by atoms with van der Waals surface area (Å²) < 4.78 is 10.6. The molecule has 27 heavy (non-hydrogen) atoms. The normalized spacial score (nSPS) is 10.5. The Kier molecular flexibility index (Phi) is 7.43. The Bertz CT molecular complexity index is 817. The third kappa shape index (κ3) is 6.18. The molecule has 0 aliphatic heterocycles. The summed E-state index contributed by atoms with van der Waals surface area (Å²) in [4.78, 5) is 25.8. The first-order valence-electron chi connectivity index (χ1n) is 8.62. The monoisotopic (exact) mass is 368 g/mol. The van der Waals surface area contributed by atoms with Gasteiger partial charge in [-0.15, -0.1) is 0 Å². The van der Waals surface area contributed by atoms with Gasteiger partial charge in [0.25, 0.3) is 0 Å². The highest BCUT2D eigenvalue weighted by Gasteiger charge is 2.12. The lowest BCUT2D eigenvalue weighted by atomic mass is 10.2. The summed E-state index contributed by atoms with van der Waals surface area (Å²) in [6.07, 6.45) is 3.11. The fraction of sp³-hybridized carbons (Fsp3) is 0.238. The van der Waals surface area contributed by atoms with Crippen molar-refractivity contribution in [2.45, 2.75) is 6.92 Å². The van der Waals surface area contributed by atoms with Crippen LogP contribution in [-0.4, -0.2) is 44.0 Å². The second-order valence-corrected chi connectivity index (χ2v) is 5.78. The molecule has 6 nitrogen and oxygen atoms in total. The molecule has 142 valence electrons. The third-order valence-electron chi connectivity index (χ3n) is 3.73. The Labute approximate surface area is 159 Å². The number of hydrogen-bond acceptors (Lipinski definition) is 4. The molecule has 1 N–H and O–H groups in total. The van der Waals surface area contributed by atoms with E-state index in [1.807, 2.05) is 43.3 Å². The van der Waals surface area contributed by atoms with Crippen molar-refractivity contribution >= 4 is 23.6 Å². The minimum atomic E-state index is -0.298. The van der Waals surface area contributed by atoms with Gasteiger partial charge in [0.2, 0.25) is 11.8 Å². The molecule has 2 rings (SSSR count). The van der Waals surface area contributed by atoms with Crippen molar-refractivity contribution in [3.8, 4) is 11.5 Å². The highest BCUT2D eigenvalue weighted by molar-refractivity contribution is 5.98. The van der Waals surface area contributed by atoms with E-state index in [0.717, 1.165) is 5.56 Å². The van der Waals surface area contributed by atoms with Crippen molar-refractivity contribution in [3.05, 3.63) is 60.2 Å². The second kappa shape index (κ2) is 10.0. The fourth-order valence-electron chi connectivity index (χ4n) is 2.37. The van der Waals surface area contributed by atoms with E-state index in [-0.39, 0.29) is 18.4 Å². The number of benzene rings is 2. The maximum Gasteiger partial charge on any atom is 0.246 e. The molecular weight excluding hydrogens is 344 g/mol. The Morgan fingerprint density at radius 3 is 2.67 bits per heavy atom. The summed E-state index contributed by atoms with van der Waals surface area (Å²) in [5.74, 6) is 0.740. The molecule has 6 heteroatoms. The molecule has 0 atom stereocenters. The number of carbonyl (C=O) groups is 2. The molecular formula is C21H24N2O4. The van der Waals surface area contributed by atoms with Gasteiger partial charge in [0.1, 0.15) is 11.5 Å². The molecule has 2 aromatic carbocycles. The van der Waals surface area contributed by atoms with Crippen LogP contribution in [0, 0.1) is 0 Å². The van der Waals surface area contributed by atoms with Gasteiger partial charge in [0.15, 0.2) is 0 Å². The van der Waals surface area contributed by atoms with Crippen molar-refractivity contribution in [1.82, 2.24) is 4.90 Å². The van der Waals surface area contributed by atoms with E-state index in [9.17, 15) is 9.59 Å². The molecule has 0 spiro atoms. The number of nitrogens with one attached hydrogen (secondary N) is 1. The van der Waals surface area contributed by atoms with Crippen LogP contribution in [0.1, 0.15) is 12.5 Å². The van der Waals surface area contributed by atoms with Crippen molar-refractivity contribution in [1.29, 1.82) is 0 Å². The Balaban J connectivity index is 1.93. The first-order chi connectivity index (χ1) is 13.0. The van der Waals surface area contributed by atoms with Crippen LogP contribution >= 0.6 is 0 Å². The van der Waals surface area contributed by atoms with Gasteiger partial charge in [-0.25, -0.2) is 0 Å². The van der Waals surface area contributed by atoms with Crippen LogP contribution in [0.5, 0.6) is 11.5 Å². The van der Waals surface area contributed by atoms with Crippen LogP contribution < -0.4 is 14.8 Å². The van der Waals surface area contributed by atoms with Crippen LogP contribution in [0.3, 0.4) is 0 Å². The van der Waals surface area contributed by atoms with Gasteiger partial charge in [-0.3, -0.25) is 9.59 Å². The average molecular weight is 368 g/mol. The summed E-state index contributed by atoms with van der Waals surface area (Å²) in [6.45, 7) is 2.31. The zero-order valence-electron chi connectivity index (χ0n) is 15.8. The number of para-hydroxylation sites is 2. The zero-order chi connectivity index (χ0) is 19.6. The molecule has 2 amide bonds. The largest absolute Gasteiger partial charge is 0.497 e. The van der Waals surface area contributed by atoms with Crippen molar-refractivity contribution in [3.63, 3.8) is 0 Å². The molecule has 0 unspecified atom stereocenters. The van der Waals surface area contributed by atoms with Gasteiger partial charge < -0.3 is 19.7 Å². The first kappa shape index (κ1) is 20.0. The van der Waals surface area contributed by atoms with Gasteiger partial charge in [-0.2, -0.15) is 0 Å². The van der Waals surface area contributed by atoms with Crippen LogP contribution in [0.15, 0.2) is 54.6 Å². The van der Waals surface area contributed by atoms with Crippen molar-refractivity contribution < 1.29 is 19.1 Å². The number of rotatable bonds is 8. The number of methoxy groups -OCH3 is 1. The SMILES string of the molecule is CCOc1ccccc1NC(=O)CN(C)C(=O)/C=C/c1cccc(OC)c1. The summed E-state index contributed by atoms with van der Waals surface area (Å²) >= 11 is 0. The van der Waals surface area contributed by atoms with Gasteiger partial charge in [0.05, 0.1) is 25.9 Å². The third-order valence-corrected chi connectivity index (χ3v) is 3.73. The number of anilines is 1. The van der Waals surface area contributed by atoms with Crippen LogP contribution in [0.2, 0.25) is 0 Å². The van der Waals surface area contributed by atoms with Crippen LogP contribution in [0.25, 0.3) is 6.08 Å². The molecule has 0 heterocycles. The van der Waals surface area contributed by atoms with E-state index in [1.165, 1.54) is 11.0 Å². The standard InChI is InChI=1S/C21H24N2O4/c1-4-27-19-11-6-5-10-18(19)22-20(24)15-23(2)21(25)13-12-16-8-7-9-17(14-16)26-3/h5-14H,4,15H2,1-3H3,(H,22,24)/b13-12+. The molecule has 0 saturated carbocycles.